The van der Waals surface area contributed by atoms with Crippen LogP contribution in [0.15, 0.2) is 65.1 Å². The molecule has 1 fully saturated rings. The number of rotatable bonds is 6. The highest BCUT2D eigenvalue weighted by Gasteiger charge is 2.24. The molecule has 0 bridgehead atoms. The van der Waals surface area contributed by atoms with Crippen molar-refractivity contribution < 1.29 is 14.3 Å². The Balaban J connectivity index is 1.32. The maximum Gasteiger partial charge on any atom is 0.257 e. The molecule has 3 aromatic carbocycles. The van der Waals surface area contributed by atoms with E-state index in [0.717, 1.165) is 16.8 Å². The number of piperazine rings is 1. The Kier molecular flexibility index (Phi) is 9.25. The van der Waals surface area contributed by atoms with E-state index in [0.29, 0.717) is 59.3 Å². The van der Waals surface area contributed by atoms with Crippen LogP contribution >= 0.6 is 39.7 Å². The monoisotopic (exact) mass is 614 g/mol. The Morgan fingerprint density at radius 1 is 1.05 bits per heavy atom. The molecule has 3 aromatic rings. The summed E-state index contributed by atoms with van der Waals surface area (Å²) in [4.78, 5) is 29.6. The molecule has 1 heterocycles. The summed E-state index contributed by atoms with van der Waals surface area (Å²) >= 11 is 15.4. The van der Waals surface area contributed by atoms with Crippen molar-refractivity contribution in [1.29, 1.82) is 0 Å². The number of hydrogen-bond acceptors (Lipinski definition) is 5. The molecule has 4 rings (SSSR count). The van der Waals surface area contributed by atoms with Gasteiger partial charge in [0.25, 0.3) is 11.8 Å². The fraction of sp³-hybridized carbons (Fsp3) is 0.250. The van der Waals surface area contributed by atoms with E-state index in [9.17, 15) is 9.59 Å². The van der Waals surface area contributed by atoms with Crippen LogP contribution in [-0.4, -0.2) is 54.6 Å². The van der Waals surface area contributed by atoms with E-state index in [1.165, 1.54) is 0 Å². The third kappa shape index (κ3) is 6.64. The Morgan fingerprint density at radius 2 is 1.79 bits per heavy atom. The molecule has 0 atom stereocenters. The molecule has 2 N–H and O–H groups in total. The first-order valence-corrected chi connectivity index (χ1v) is 13.8. The van der Waals surface area contributed by atoms with Gasteiger partial charge in [-0.3, -0.25) is 14.9 Å². The van der Waals surface area contributed by atoms with Crippen molar-refractivity contribution in [2.45, 2.75) is 13.8 Å². The SMILES string of the molecule is CCOc1ccc(C(=O)NC(=S)Nc2ccc(N3CCN(C(=O)c4ccccc4C)CC3)c(Cl)c2)cc1Br. The number of ether oxygens (including phenoxy) is 1. The lowest BCUT2D eigenvalue weighted by atomic mass is 10.1. The van der Waals surface area contributed by atoms with Gasteiger partial charge >= 0.3 is 0 Å². The van der Waals surface area contributed by atoms with Crippen LogP contribution in [0.3, 0.4) is 0 Å². The summed E-state index contributed by atoms with van der Waals surface area (Å²) in [5.41, 5.74) is 3.71. The smallest absolute Gasteiger partial charge is 0.257 e. The molecule has 0 aromatic heterocycles. The minimum absolute atomic E-state index is 0.0570. The number of carbonyl (C=O) groups is 2. The molecule has 0 radical (unpaired) electrons. The van der Waals surface area contributed by atoms with Gasteiger partial charge < -0.3 is 19.9 Å². The van der Waals surface area contributed by atoms with Crippen molar-refractivity contribution in [3.63, 3.8) is 0 Å². The fourth-order valence-corrected chi connectivity index (χ4v) is 5.23. The molecule has 1 saturated heterocycles. The molecule has 2 amide bonds. The molecule has 38 heavy (non-hydrogen) atoms. The molecule has 0 unspecified atom stereocenters. The Morgan fingerprint density at radius 3 is 2.45 bits per heavy atom. The minimum Gasteiger partial charge on any atom is -0.493 e. The zero-order valence-corrected chi connectivity index (χ0v) is 24.3. The zero-order valence-electron chi connectivity index (χ0n) is 21.1. The number of amides is 2. The molecule has 1 aliphatic rings. The summed E-state index contributed by atoms with van der Waals surface area (Å²) in [6.07, 6.45) is 0. The zero-order chi connectivity index (χ0) is 27.2. The van der Waals surface area contributed by atoms with Crippen molar-refractivity contribution in [1.82, 2.24) is 10.2 Å². The number of aryl methyl sites for hydroxylation is 1. The highest BCUT2D eigenvalue weighted by molar-refractivity contribution is 9.10. The van der Waals surface area contributed by atoms with Gasteiger partial charge in [0.15, 0.2) is 5.11 Å². The number of anilines is 2. The van der Waals surface area contributed by atoms with Gasteiger partial charge in [0.2, 0.25) is 0 Å². The predicted octanol–water partition coefficient (Wildman–Crippen LogP) is 5.90. The van der Waals surface area contributed by atoms with E-state index in [-0.39, 0.29) is 16.9 Å². The Hall–Kier alpha value is -3.14. The first-order valence-electron chi connectivity index (χ1n) is 12.2. The van der Waals surface area contributed by atoms with Gasteiger partial charge in [0, 0.05) is 43.0 Å². The normalized spacial score (nSPS) is 13.2. The van der Waals surface area contributed by atoms with Gasteiger partial charge in [-0.15, -0.1) is 0 Å². The highest BCUT2D eigenvalue weighted by Crippen LogP contribution is 2.30. The minimum atomic E-state index is -0.341. The molecule has 1 aliphatic heterocycles. The lowest BCUT2D eigenvalue weighted by Crippen LogP contribution is -2.49. The summed E-state index contributed by atoms with van der Waals surface area (Å²) < 4.78 is 6.17. The highest BCUT2D eigenvalue weighted by atomic mass is 79.9. The lowest BCUT2D eigenvalue weighted by molar-refractivity contribution is 0.0746. The maximum absolute atomic E-state index is 12.9. The van der Waals surface area contributed by atoms with Crippen molar-refractivity contribution in [3.05, 3.63) is 86.8 Å². The van der Waals surface area contributed by atoms with Gasteiger partial charge in [-0.1, -0.05) is 29.8 Å². The van der Waals surface area contributed by atoms with E-state index in [2.05, 4.69) is 31.5 Å². The fourth-order valence-electron chi connectivity index (χ4n) is 4.23. The molecular formula is C28H28BrClN4O3S. The van der Waals surface area contributed by atoms with E-state index in [1.807, 2.05) is 55.1 Å². The van der Waals surface area contributed by atoms with Crippen molar-refractivity contribution >= 4 is 68.1 Å². The Bertz CT molecular complexity index is 1360. The predicted molar refractivity (Wildman–Crippen MR) is 160 cm³/mol. The molecule has 0 spiro atoms. The number of hydrogen-bond donors (Lipinski definition) is 2. The topological polar surface area (TPSA) is 73.9 Å². The van der Waals surface area contributed by atoms with Crippen LogP contribution in [0.4, 0.5) is 11.4 Å². The second-order valence-electron chi connectivity index (χ2n) is 8.75. The van der Waals surface area contributed by atoms with Crippen molar-refractivity contribution in [2.24, 2.45) is 0 Å². The van der Waals surface area contributed by atoms with E-state index in [1.54, 1.807) is 24.3 Å². The standard InChI is InChI=1S/C28H28BrClN4O3S/c1-3-37-25-11-8-19(16-22(25)29)26(35)32-28(38)31-20-9-10-24(23(30)17-20)33-12-14-34(15-13-33)27(36)21-7-5-4-6-18(21)2/h4-11,16-17H,3,12-15H2,1-2H3,(H2,31,32,35,38). The summed E-state index contributed by atoms with van der Waals surface area (Å²) in [5.74, 6) is 0.382. The molecular weight excluding hydrogens is 588 g/mol. The number of nitrogens with zero attached hydrogens (tertiary/aromatic N) is 2. The van der Waals surface area contributed by atoms with Crippen LogP contribution in [0.2, 0.25) is 5.02 Å². The lowest BCUT2D eigenvalue weighted by Gasteiger charge is -2.36. The molecule has 198 valence electrons. The number of halogens is 2. The van der Waals surface area contributed by atoms with Crippen LogP contribution in [0, 0.1) is 6.92 Å². The molecule has 10 heteroatoms. The largest absolute Gasteiger partial charge is 0.493 e. The number of thiocarbonyl (C=S) groups is 1. The average Bonchev–Trinajstić information content (AvgIpc) is 2.90. The van der Waals surface area contributed by atoms with Crippen molar-refractivity contribution in [2.75, 3.05) is 43.0 Å². The molecule has 7 nitrogen and oxygen atoms in total. The van der Waals surface area contributed by atoms with Crippen LogP contribution in [-0.2, 0) is 0 Å². The van der Waals surface area contributed by atoms with Crippen molar-refractivity contribution in [3.8, 4) is 5.75 Å². The first kappa shape index (κ1) is 27.9. The average molecular weight is 616 g/mol. The van der Waals surface area contributed by atoms with E-state index >= 15 is 0 Å². The third-order valence-corrected chi connectivity index (χ3v) is 7.34. The molecule has 0 aliphatic carbocycles. The van der Waals surface area contributed by atoms with Crippen LogP contribution in [0.25, 0.3) is 0 Å². The van der Waals surface area contributed by atoms with Gasteiger partial charge in [-0.25, -0.2) is 0 Å². The van der Waals surface area contributed by atoms with Crippen LogP contribution in [0.5, 0.6) is 5.75 Å². The van der Waals surface area contributed by atoms with E-state index in [4.69, 9.17) is 28.6 Å². The first-order chi connectivity index (χ1) is 18.3. The van der Waals surface area contributed by atoms with Gasteiger partial charge in [-0.05, 0) is 90.0 Å². The number of carbonyl (C=O) groups excluding carboxylic acids is 2. The summed E-state index contributed by atoms with van der Waals surface area (Å²) in [5, 5.41) is 6.41. The van der Waals surface area contributed by atoms with Gasteiger partial charge in [0.05, 0.1) is 21.8 Å². The van der Waals surface area contributed by atoms with Crippen LogP contribution < -0.4 is 20.3 Å². The maximum atomic E-state index is 12.9. The van der Waals surface area contributed by atoms with E-state index < -0.39 is 0 Å². The summed E-state index contributed by atoms with van der Waals surface area (Å²) in [6.45, 7) is 6.96. The Labute approximate surface area is 241 Å². The van der Waals surface area contributed by atoms with Gasteiger partial charge in [-0.2, -0.15) is 0 Å². The number of nitrogens with one attached hydrogen (secondary N) is 2. The second-order valence-corrected chi connectivity index (χ2v) is 10.4. The summed E-state index contributed by atoms with van der Waals surface area (Å²) in [6, 6.07) is 18.3. The second kappa shape index (κ2) is 12.6. The third-order valence-electron chi connectivity index (χ3n) is 6.21. The quantitative estimate of drug-likeness (QED) is 0.337. The molecule has 0 saturated carbocycles. The number of benzene rings is 3. The van der Waals surface area contributed by atoms with Crippen LogP contribution in [0.1, 0.15) is 33.2 Å². The summed E-state index contributed by atoms with van der Waals surface area (Å²) in [7, 11) is 0. The van der Waals surface area contributed by atoms with Gasteiger partial charge in [0.1, 0.15) is 5.75 Å².